The summed E-state index contributed by atoms with van der Waals surface area (Å²) in [5.74, 6) is 0. The number of hydrogen-bond donors (Lipinski definition) is 1. The summed E-state index contributed by atoms with van der Waals surface area (Å²) in [5.41, 5.74) is 6.72. The lowest BCUT2D eigenvalue weighted by Gasteiger charge is -2.03. The minimum atomic E-state index is 0.513. The van der Waals surface area contributed by atoms with Crippen LogP contribution in [-0.2, 0) is 0 Å². The summed E-state index contributed by atoms with van der Waals surface area (Å²) >= 11 is 13.5. The molecular weight excluding hydrogens is 349 g/mol. The Balaban J connectivity index is 1.75. The van der Waals surface area contributed by atoms with Gasteiger partial charge in [-0.25, -0.2) is 4.98 Å². The Morgan fingerprint density at radius 1 is 1.09 bits per heavy atom. The van der Waals surface area contributed by atoms with Crippen molar-refractivity contribution in [3.05, 3.63) is 69.5 Å². The zero-order chi connectivity index (χ0) is 16.2. The Morgan fingerprint density at radius 3 is 2.61 bits per heavy atom. The first-order valence-electron chi connectivity index (χ1n) is 6.90. The molecule has 0 amide bonds. The molecule has 0 fully saturated rings. The van der Waals surface area contributed by atoms with Gasteiger partial charge in [-0.15, -0.1) is 11.3 Å². The van der Waals surface area contributed by atoms with E-state index in [9.17, 15) is 0 Å². The van der Waals surface area contributed by atoms with Crippen molar-refractivity contribution in [2.75, 3.05) is 5.43 Å². The number of hydrogen-bond acceptors (Lipinski definition) is 4. The molecule has 0 aliphatic carbocycles. The zero-order valence-electron chi connectivity index (χ0n) is 12.3. The molecule has 0 spiro atoms. The van der Waals surface area contributed by atoms with Crippen molar-refractivity contribution in [1.29, 1.82) is 0 Å². The molecule has 1 heterocycles. The molecule has 2 aromatic carbocycles. The van der Waals surface area contributed by atoms with Gasteiger partial charge in [0.25, 0.3) is 0 Å². The van der Waals surface area contributed by atoms with Gasteiger partial charge in [0.2, 0.25) is 5.13 Å². The lowest BCUT2D eigenvalue weighted by molar-refractivity contribution is 1.27. The van der Waals surface area contributed by atoms with Crippen LogP contribution in [0.25, 0.3) is 11.3 Å². The molecule has 3 aromatic rings. The molecule has 3 rings (SSSR count). The highest BCUT2D eigenvalue weighted by molar-refractivity contribution is 7.14. The van der Waals surface area contributed by atoms with Gasteiger partial charge in [-0.3, -0.25) is 5.43 Å². The monoisotopic (exact) mass is 361 g/mol. The van der Waals surface area contributed by atoms with Crippen molar-refractivity contribution < 1.29 is 0 Å². The van der Waals surface area contributed by atoms with Crippen LogP contribution in [0.2, 0.25) is 10.0 Å². The van der Waals surface area contributed by atoms with Crippen LogP contribution in [-0.4, -0.2) is 10.7 Å². The highest BCUT2D eigenvalue weighted by Crippen LogP contribution is 2.25. The SMILES string of the molecule is CC(=NNc1nc(-c2ccccc2)cs1)c1ccc(Cl)c(Cl)c1. The molecule has 3 nitrogen and oxygen atoms in total. The van der Waals surface area contributed by atoms with Gasteiger partial charge < -0.3 is 0 Å². The zero-order valence-corrected chi connectivity index (χ0v) is 14.6. The van der Waals surface area contributed by atoms with E-state index in [2.05, 4.69) is 15.5 Å². The summed E-state index contributed by atoms with van der Waals surface area (Å²) in [6.45, 7) is 1.90. The number of rotatable bonds is 4. The highest BCUT2D eigenvalue weighted by Gasteiger charge is 2.05. The fraction of sp³-hybridized carbons (Fsp3) is 0.0588. The second-order valence-electron chi connectivity index (χ2n) is 4.84. The minimum Gasteiger partial charge on any atom is -0.252 e. The maximum Gasteiger partial charge on any atom is 0.203 e. The van der Waals surface area contributed by atoms with Crippen LogP contribution >= 0.6 is 34.5 Å². The Labute approximate surface area is 148 Å². The van der Waals surface area contributed by atoms with Crippen molar-refractivity contribution in [3.63, 3.8) is 0 Å². The van der Waals surface area contributed by atoms with Gasteiger partial charge in [0, 0.05) is 10.9 Å². The van der Waals surface area contributed by atoms with Crippen molar-refractivity contribution in [2.24, 2.45) is 5.10 Å². The fourth-order valence-electron chi connectivity index (χ4n) is 1.98. The minimum absolute atomic E-state index is 0.513. The first kappa shape index (κ1) is 16.0. The summed E-state index contributed by atoms with van der Waals surface area (Å²) in [5, 5.41) is 8.14. The first-order chi connectivity index (χ1) is 11.1. The number of halogens is 2. The van der Waals surface area contributed by atoms with Gasteiger partial charge in [-0.1, -0.05) is 59.6 Å². The Bertz CT molecular complexity index is 844. The molecular formula is C17H13Cl2N3S. The second kappa shape index (κ2) is 7.13. The second-order valence-corrected chi connectivity index (χ2v) is 6.51. The molecule has 116 valence electrons. The van der Waals surface area contributed by atoms with Gasteiger partial charge in [-0.05, 0) is 24.6 Å². The number of aromatic nitrogens is 1. The molecule has 6 heteroatoms. The van der Waals surface area contributed by atoms with E-state index < -0.39 is 0 Å². The maximum absolute atomic E-state index is 6.03. The first-order valence-corrected chi connectivity index (χ1v) is 8.54. The van der Waals surface area contributed by atoms with Gasteiger partial charge in [0.05, 0.1) is 21.5 Å². The number of thiazole rings is 1. The van der Waals surface area contributed by atoms with Crippen LogP contribution < -0.4 is 5.43 Å². The van der Waals surface area contributed by atoms with E-state index in [-0.39, 0.29) is 0 Å². The number of nitrogens with one attached hydrogen (secondary N) is 1. The van der Waals surface area contributed by atoms with E-state index in [1.54, 1.807) is 12.1 Å². The third-order valence-corrected chi connectivity index (χ3v) is 4.72. The van der Waals surface area contributed by atoms with Crippen LogP contribution in [0.15, 0.2) is 59.0 Å². The average Bonchev–Trinajstić information content (AvgIpc) is 3.05. The molecule has 0 saturated heterocycles. The lowest BCUT2D eigenvalue weighted by Crippen LogP contribution is -1.99. The molecule has 0 unspecified atom stereocenters. The summed E-state index contributed by atoms with van der Waals surface area (Å²) < 4.78 is 0. The summed E-state index contributed by atoms with van der Waals surface area (Å²) in [4.78, 5) is 4.53. The lowest BCUT2D eigenvalue weighted by atomic mass is 10.1. The fourth-order valence-corrected chi connectivity index (χ4v) is 2.94. The predicted molar refractivity (Wildman–Crippen MR) is 99.8 cm³/mol. The smallest absolute Gasteiger partial charge is 0.203 e. The Hall–Kier alpha value is -1.88. The van der Waals surface area contributed by atoms with Crippen molar-refractivity contribution >= 4 is 45.4 Å². The molecule has 0 bridgehead atoms. The quantitative estimate of drug-likeness (QED) is 0.460. The molecule has 1 N–H and O–H groups in total. The van der Waals surface area contributed by atoms with E-state index in [1.165, 1.54) is 11.3 Å². The van der Waals surface area contributed by atoms with E-state index >= 15 is 0 Å². The van der Waals surface area contributed by atoms with Crippen molar-refractivity contribution in [1.82, 2.24) is 4.98 Å². The topological polar surface area (TPSA) is 37.3 Å². The molecule has 0 aliphatic rings. The van der Waals surface area contributed by atoms with E-state index in [4.69, 9.17) is 23.2 Å². The van der Waals surface area contributed by atoms with Crippen LogP contribution in [0, 0.1) is 0 Å². The van der Waals surface area contributed by atoms with Gasteiger partial charge in [-0.2, -0.15) is 5.10 Å². The van der Waals surface area contributed by atoms with E-state index in [1.807, 2.05) is 48.7 Å². The van der Waals surface area contributed by atoms with E-state index in [0.29, 0.717) is 10.0 Å². The number of benzene rings is 2. The summed E-state index contributed by atoms with van der Waals surface area (Å²) in [6, 6.07) is 15.5. The normalized spacial score (nSPS) is 11.5. The molecule has 0 atom stereocenters. The standard InChI is InChI=1S/C17H13Cl2N3S/c1-11(13-7-8-14(18)15(19)9-13)21-22-17-20-16(10-23-17)12-5-3-2-4-6-12/h2-10H,1H3,(H,20,22). The predicted octanol–water partition coefficient (Wildman–Crippen LogP) is 5.95. The van der Waals surface area contributed by atoms with E-state index in [0.717, 1.165) is 27.7 Å². The molecule has 0 radical (unpaired) electrons. The average molecular weight is 362 g/mol. The molecule has 1 aromatic heterocycles. The van der Waals surface area contributed by atoms with Gasteiger partial charge >= 0.3 is 0 Å². The number of hydrazone groups is 1. The highest BCUT2D eigenvalue weighted by atomic mass is 35.5. The number of nitrogens with zero attached hydrogens (tertiary/aromatic N) is 2. The number of anilines is 1. The third-order valence-electron chi connectivity index (χ3n) is 3.23. The summed E-state index contributed by atoms with van der Waals surface area (Å²) in [7, 11) is 0. The van der Waals surface area contributed by atoms with Crippen molar-refractivity contribution in [3.8, 4) is 11.3 Å². The Kier molecular flexibility index (Phi) is 4.96. The van der Waals surface area contributed by atoms with Crippen LogP contribution in [0.4, 0.5) is 5.13 Å². The van der Waals surface area contributed by atoms with Gasteiger partial charge in [0.1, 0.15) is 0 Å². The third kappa shape index (κ3) is 3.91. The molecule has 0 saturated carbocycles. The molecule has 23 heavy (non-hydrogen) atoms. The Morgan fingerprint density at radius 2 is 1.87 bits per heavy atom. The summed E-state index contributed by atoms with van der Waals surface area (Å²) in [6.07, 6.45) is 0. The van der Waals surface area contributed by atoms with Gasteiger partial charge in [0.15, 0.2) is 0 Å². The van der Waals surface area contributed by atoms with Crippen LogP contribution in [0.5, 0.6) is 0 Å². The van der Waals surface area contributed by atoms with Crippen molar-refractivity contribution in [2.45, 2.75) is 6.92 Å². The molecule has 0 aliphatic heterocycles. The maximum atomic E-state index is 6.03. The van der Waals surface area contributed by atoms with Crippen LogP contribution in [0.3, 0.4) is 0 Å². The van der Waals surface area contributed by atoms with Crippen LogP contribution in [0.1, 0.15) is 12.5 Å². The largest absolute Gasteiger partial charge is 0.252 e.